The van der Waals surface area contributed by atoms with Crippen LogP contribution in [0.1, 0.15) is 33.1 Å². The molecule has 0 heterocycles. The average Bonchev–Trinajstić information content (AvgIpc) is 2.48. The van der Waals surface area contributed by atoms with Gasteiger partial charge < -0.3 is 15.8 Å². The summed E-state index contributed by atoms with van der Waals surface area (Å²) < 4.78 is 17.2. The minimum Gasteiger partial charge on any atom is -0.494 e. The fraction of sp³-hybridized carbons (Fsp3) is 0.533. The van der Waals surface area contributed by atoms with Crippen LogP contribution in [0.5, 0.6) is 5.75 Å². The molecule has 2 unspecified atom stereocenters. The van der Waals surface area contributed by atoms with Crippen molar-refractivity contribution in [1.82, 2.24) is 0 Å². The maximum absolute atomic E-state index is 12.1. The molecular weight excluding hydrogens is 288 g/mol. The first-order valence-corrected chi connectivity index (χ1v) is 8.49. The van der Waals surface area contributed by atoms with E-state index < -0.39 is 16.0 Å². The van der Waals surface area contributed by atoms with Crippen LogP contribution < -0.4 is 15.8 Å². The van der Waals surface area contributed by atoms with Crippen LogP contribution in [0.3, 0.4) is 0 Å². The monoisotopic (exact) mass is 312 g/mol. The van der Waals surface area contributed by atoms with E-state index in [0.717, 1.165) is 19.3 Å². The van der Waals surface area contributed by atoms with Crippen LogP contribution in [0.15, 0.2) is 18.2 Å². The van der Waals surface area contributed by atoms with Crippen molar-refractivity contribution in [1.29, 1.82) is 0 Å². The fourth-order valence-corrected chi connectivity index (χ4v) is 2.98. The number of unbranched alkanes of at least 4 members (excludes halogenated alkanes) is 2. The van der Waals surface area contributed by atoms with E-state index in [9.17, 15) is 9.00 Å². The molecule has 0 bridgehead atoms. The highest BCUT2D eigenvalue weighted by Gasteiger charge is 2.20. The topological polar surface area (TPSA) is 81.4 Å². The SMILES string of the molecule is CCCCCS(=O)C(C)C(=O)Nc1ccc(N)cc1OC. The van der Waals surface area contributed by atoms with Gasteiger partial charge in [0.1, 0.15) is 11.0 Å². The van der Waals surface area contributed by atoms with E-state index in [0.29, 0.717) is 22.9 Å². The Balaban J connectivity index is 2.65. The van der Waals surface area contributed by atoms with Crippen LogP contribution in [0.25, 0.3) is 0 Å². The Labute approximate surface area is 128 Å². The average molecular weight is 312 g/mol. The van der Waals surface area contributed by atoms with E-state index in [1.54, 1.807) is 25.1 Å². The number of carbonyl (C=O) groups is 1. The van der Waals surface area contributed by atoms with E-state index in [1.165, 1.54) is 7.11 Å². The van der Waals surface area contributed by atoms with Gasteiger partial charge in [-0.15, -0.1) is 0 Å². The molecule has 0 aromatic heterocycles. The highest BCUT2D eigenvalue weighted by atomic mass is 32.2. The minimum absolute atomic E-state index is 0.270. The van der Waals surface area contributed by atoms with E-state index in [-0.39, 0.29) is 5.91 Å². The van der Waals surface area contributed by atoms with Crippen molar-refractivity contribution < 1.29 is 13.7 Å². The molecule has 3 N–H and O–H groups in total. The molecule has 6 heteroatoms. The summed E-state index contributed by atoms with van der Waals surface area (Å²) in [6.45, 7) is 3.77. The minimum atomic E-state index is -1.16. The molecule has 0 radical (unpaired) electrons. The molecule has 0 spiro atoms. The predicted molar refractivity (Wildman–Crippen MR) is 88.0 cm³/mol. The quantitative estimate of drug-likeness (QED) is 0.571. The van der Waals surface area contributed by atoms with Crippen LogP contribution in [0.2, 0.25) is 0 Å². The first-order valence-electron chi connectivity index (χ1n) is 7.11. The number of amides is 1. The summed E-state index contributed by atoms with van der Waals surface area (Å²) in [4.78, 5) is 12.1. The van der Waals surface area contributed by atoms with Crippen molar-refractivity contribution >= 4 is 28.1 Å². The van der Waals surface area contributed by atoms with Crippen molar-refractivity contribution in [2.24, 2.45) is 0 Å². The Morgan fingerprint density at radius 2 is 2.14 bits per heavy atom. The lowest BCUT2D eigenvalue weighted by Crippen LogP contribution is -2.30. The number of ether oxygens (including phenoxy) is 1. The molecule has 0 saturated heterocycles. The van der Waals surface area contributed by atoms with Crippen molar-refractivity contribution in [2.75, 3.05) is 23.9 Å². The van der Waals surface area contributed by atoms with Gasteiger partial charge in [-0.25, -0.2) is 0 Å². The van der Waals surface area contributed by atoms with Crippen LogP contribution in [0, 0.1) is 0 Å². The van der Waals surface area contributed by atoms with Crippen LogP contribution in [0.4, 0.5) is 11.4 Å². The zero-order valence-corrected chi connectivity index (χ0v) is 13.7. The molecule has 21 heavy (non-hydrogen) atoms. The molecule has 0 aliphatic heterocycles. The largest absolute Gasteiger partial charge is 0.494 e. The smallest absolute Gasteiger partial charge is 0.239 e. The first kappa shape index (κ1) is 17.5. The summed E-state index contributed by atoms with van der Waals surface area (Å²) in [6, 6.07) is 5.00. The maximum Gasteiger partial charge on any atom is 0.239 e. The lowest BCUT2D eigenvalue weighted by Gasteiger charge is -2.14. The highest BCUT2D eigenvalue weighted by molar-refractivity contribution is 7.86. The van der Waals surface area contributed by atoms with Gasteiger partial charge in [0.2, 0.25) is 5.91 Å². The Morgan fingerprint density at radius 1 is 1.43 bits per heavy atom. The number of rotatable bonds is 8. The summed E-state index contributed by atoms with van der Waals surface area (Å²) in [5.41, 5.74) is 6.76. The zero-order chi connectivity index (χ0) is 15.8. The van der Waals surface area contributed by atoms with E-state index >= 15 is 0 Å². The number of nitrogen functional groups attached to an aromatic ring is 1. The van der Waals surface area contributed by atoms with E-state index in [1.807, 2.05) is 0 Å². The molecule has 2 atom stereocenters. The Hall–Kier alpha value is -1.56. The molecule has 0 aliphatic carbocycles. The molecule has 118 valence electrons. The van der Waals surface area contributed by atoms with Crippen molar-refractivity contribution in [3.63, 3.8) is 0 Å². The molecule has 1 aromatic carbocycles. The standard InChI is InChI=1S/C15H24N2O3S/c1-4-5-6-9-21(19)11(2)15(18)17-13-8-7-12(16)10-14(13)20-3/h7-8,10-11H,4-6,9,16H2,1-3H3,(H,17,18). The van der Waals surface area contributed by atoms with Gasteiger partial charge in [0.05, 0.1) is 12.8 Å². The first-order chi connectivity index (χ1) is 9.99. The molecule has 0 saturated carbocycles. The second kappa shape index (κ2) is 8.67. The lowest BCUT2D eigenvalue weighted by molar-refractivity contribution is -0.115. The van der Waals surface area contributed by atoms with Crippen molar-refractivity contribution in [2.45, 2.75) is 38.4 Å². The number of hydrogen-bond acceptors (Lipinski definition) is 4. The number of methoxy groups -OCH3 is 1. The van der Waals surface area contributed by atoms with Gasteiger partial charge in [-0.1, -0.05) is 19.8 Å². The number of benzene rings is 1. The van der Waals surface area contributed by atoms with Crippen molar-refractivity contribution in [3.8, 4) is 5.75 Å². The third kappa shape index (κ3) is 5.38. The van der Waals surface area contributed by atoms with Gasteiger partial charge in [0, 0.05) is 28.3 Å². The van der Waals surface area contributed by atoms with Crippen LogP contribution >= 0.6 is 0 Å². The molecule has 0 aliphatic rings. The molecule has 1 amide bonds. The summed E-state index contributed by atoms with van der Waals surface area (Å²) in [7, 11) is 0.350. The van der Waals surface area contributed by atoms with Gasteiger partial charge in [0.15, 0.2) is 0 Å². The van der Waals surface area contributed by atoms with Gasteiger partial charge in [-0.2, -0.15) is 0 Å². The van der Waals surface area contributed by atoms with Gasteiger partial charge in [-0.3, -0.25) is 9.00 Å². The third-order valence-electron chi connectivity index (χ3n) is 3.20. The molecule has 1 aromatic rings. The molecule has 0 fully saturated rings. The Kier molecular flexibility index (Phi) is 7.22. The number of hydrogen-bond donors (Lipinski definition) is 2. The van der Waals surface area contributed by atoms with Crippen LogP contribution in [-0.2, 0) is 15.6 Å². The van der Waals surface area contributed by atoms with E-state index in [2.05, 4.69) is 12.2 Å². The summed E-state index contributed by atoms with van der Waals surface area (Å²) in [6.07, 6.45) is 2.98. The second-order valence-electron chi connectivity index (χ2n) is 4.88. The zero-order valence-electron chi connectivity index (χ0n) is 12.8. The number of carbonyl (C=O) groups excluding carboxylic acids is 1. The second-order valence-corrected chi connectivity index (χ2v) is 6.76. The summed E-state index contributed by atoms with van der Waals surface area (Å²) >= 11 is 0. The number of nitrogens with one attached hydrogen (secondary N) is 1. The van der Waals surface area contributed by atoms with Gasteiger partial charge in [0.25, 0.3) is 0 Å². The molecule has 1 rings (SSSR count). The van der Waals surface area contributed by atoms with Crippen LogP contribution in [-0.4, -0.2) is 28.2 Å². The third-order valence-corrected chi connectivity index (χ3v) is 4.89. The lowest BCUT2D eigenvalue weighted by atomic mass is 10.2. The van der Waals surface area contributed by atoms with Gasteiger partial charge >= 0.3 is 0 Å². The number of anilines is 2. The summed E-state index contributed by atoms with van der Waals surface area (Å²) in [5.74, 6) is 0.779. The molecule has 5 nitrogen and oxygen atoms in total. The molecular formula is C15H24N2O3S. The number of nitrogens with two attached hydrogens (primary N) is 1. The fourth-order valence-electron chi connectivity index (χ4n) is 1.84. The normalized spacial score (nSPS) is 13.5. The van der Waals surface area contributed by atoms with Gasteiger partial charge in [-0.05, 0) is 25.5 Å². The Morgan fingerprint density at radius 3 is 2.76 bits per heavy atom. The van der Waals surface area contributed by atoms with E-state index in [4.69, 9.17) is 10.5 Å². The summed E-state index contributed by atoms with van der Waals surface area (Å²) in [5, 5.41) is 2.20. The highest BCUT2D eigenvalue weighted by Crippen LogP contribution is 2.26. The van der Waals surface area contributed by atoms with Crippen molar-refractivity contribution in [3.05, 3.63) is 18.2 Å². The Bertz CT molecular complexity index is 506. The predicted octanol–water partition coefficient (Wildman–Crippen LogP) is 2.54. The maximum atomic E-state index is 12.1.